The minimum Gasteiger partial charge on any atom is -0.337 e. The van der Waals surface area contributed by atoms with Crippen molar-refractivity contribution in [2.45, 2.75) is 38.8 Å². The summed E-state index contributed by atoms with van der Waals surface area (Å²) in [6, 6.07) is 0. The number of ether oxygens (including phenoxy) is 1. The average Bonchev–Trinajstić information content (AvgIpc) is 2.13. The van der Waals surface area contributed by atoms with Gasteiger partial charge in [-0.25, -0.2) is 0 Å². The van der Waals surface area contributed by atoms with Gasteiger partial charge in [-0.05, 0) is 20.8 Å². The van der Waals surface area contributed by atoms with Crippen molar-refractivity contribution in [1.82, 2.24) is 5.32 Å². The second-order valence-corrected chi connectivity index (χ2v) is 3.42. The SMILES string of the molecule is CC(C)(C)NC1OC1N. The van der Waals surface area contributed by atoms with Crippen LogP contribution in [0.2, 0.25) is 0 Å². The molecule has 1 rings (SSSR count). The first-order valence-corrected chi connectivity index (χ1v) is 3.18. The Morgan fingerprint density at radius 1 is 1.44 bits per heavy atom. The van der Waals surface area contributed by atoms with E-state index in [1.807, 2.05) is 0 Å². The first-order chi connectivity index (χ1) is 3.99. The predicted molar refractivity (Wildman–Crippen MR) is 35.7 cm³/mol. The molecule has 3 nitrogen and oxygen atoms in total. The normalized spacial score (nSPS) is 34.7. The fourth-order valence-corrected chi connectivity index (χ4v) is 0.667. The van der Waals surface area contributed by atoms with Crippen molar-refractivity contribution in [2.24, 2.45) is 5.73 Å². The summed E-state index contributed by atoms with van der Waals surface area (Å²) in [6.45, 7) is 6.25. The summed E-state index contributed by atoms with van der Waals surface area (Å²) in [6.07, 6.45) is 0.00854. The Labute approximate surface area is 55.6 Å². The molecular formula is C6H14N2O. The van der Waals surface area contributed by atoms with Crippen LogP contribution >= 0.6 is 0 Å². The van der Waals surface area contributed by atoms with Gasteiger partial charge in [0.1, 0.15) is 6.23 Å². The lowest BCUT2D eigenvalue weighted by Gasteiger charge is -2.18. The van der Waals surface area contributed by atoms with Gasteiger partial charge in [-0.1, -0.05) is 0 Å². The van der Waals surface area contributed by atoms with Crippen LogP contribution in [-0.4, -0.2) is 18.0 Å². The molecule has 0 aliphatic carbocycles. The molecule has 2 atom stereocenters. The maximum absolute atomic E-state index is 5.39. The lowest BCUT2D eigenvalue weighted by atomic mass is 10.1. The van der Waals surface area contributed by atoms with Crippen LogP contribution in [-0.2, 0) is 4.74 Å². The second kappa shape index (κ2) is 1.94. The molecule has 0 radical (unpaired) electrons. The molecule has 0 saturated carbocycles. The van der Waals surface area contributed by atoms with Crippen LogP contribution in [0, 0.1) is 0 Å². The highest BCUT2D eigenvalue weighted by Crippen LogP contribution is 2.16. The van der Waals surface area contributed by atoms with E-state index in [2.05, 4.69) is 26.1 Å². The minimum atomic E-state index is -0.0794. The largest absolute Gasteiger partial charge is 0.337 e. The van der Waals surface area contributed by atoms with Gasteiger partial charge in [-0.3, -0.25) is 5.32 Å². The molecule has 0 aromatic carbocycles. The molecule has 1 fully saturated rings. The van der Waals surface area contributed by atoms with Gasteiger partial charge >= 0.3 is 0 Å². The van der Waals surface area contributed by atoms with E-state index in [4.69, 9.17) is 10.5 Å². The second-order valence-electron chi connectivity index (χ2n) is 3.42. The molecule has 1 heterocycles. The fraction of sp³-hybridized carbons (Fsp3) is 1.00. The van der Waals surface area contributed by atoms with E-state index in [9.17, 15) is 0 Å². The predicted octanol–water partition coefficient (Wildman–Crippen LogP) is 0.0156. The molecule has 54 valence electrons. The molecule has 0 bridgehead atoms. The van der Waals surface area contributed by atoms with E-state index in [0.29, 0.717) is 0 Å². The van der Waals surface area contributed by atoms with Gasteiger partial charge in [-0.2, -0.15) is 0 Å². The lowest BCUT2D eigenvalue weighted by Crippen LogP contribution is -2.39. The number of hydrogen-bond donors (Lipinski definition) is 2. The van der Waals surface area contributed by atoms with Crippen LogP contribution in [0.15, 0.2) is 0 Å². The summed E-state index contributed by atoms with van der Waals surface area (Å²) in [4.78, 5) is 0. The van der Waals surface area contributed by atoms with Gasteiger partial charge in [0.05, 0.1) is 0 Å². The lowest BCUT2D eigenvalue weighted by molar-refractivity contribution is 0.298. The Bertz CT molecular complexity index is 108. The summed E-state index contributed by atoms with van der Waals surface area (Å²) in [5.41, 5.74) is 5.50. The number of hydrogen-bond acceptors (Lipinski definition) is 3. The van der Waals surface area contributed by atoms with Crippen molar-refractivity contribution in [2.75, 3.05) is 0 Å². The Hall–Kier alpha value is -0.120. The molecule has 3 heteroatoms. The van der Waals surface area contributed by atoms with E-state index >= 15 is 0 Å². The number of nitrogens with one attached hydrogen (secondary N) is 1. The van der Waals surface area contributed by atoms with E-state index in [-0.39, 0.29) is 18.0 Å². The number of epoxide rings is 1. The third-order valence-corrected chi connectivity index (χ3v) is 1.10. The highest BCUT2D eigenvalue weighted by Gasteiger charge is 2.37. The van der Waals surface area contributed by atoms with Crippen molar-refractivity contribution in [1.29, 1.82) is 0 Å². The Balaban J connectivity index is 2.19. The monoisotopic (exact) mass is 130 g/mol. The maximum Gasteiger partial charge on any atom is 0.150 e. The fourth-order valence-electron chi connectivity index (χ4n) is 0.667. The zero-order valence-electron chi connectivity index (χ0n) is 6.14. The third-order valence-electron chi connectivity index (χ3n) is 1.10. The summed E-state index contributed by atoms with van der Waals surface area (Å²) >= 11 is 0. The molecule has 9 heavy (non-hydrogen) atoms. The van der Waals surface area contributed by atoms with Crippen molar-refractivity contribution in [3.05, 3.63) is 0 Å². The maximum atomic E-state index is 5.39. The molecule has 3 N–H and O–H groups in total. The molecule has 2 unspecified atom stereocenters. The zero-order chi connectivity index (χ0) is 7.07. The standard InChI is InChI=1S/C6H14N2O/c1-6(2,3)8-5-4(7)9-5/h4-5,8H,7H2,1-3H3. The van der Waals surface area contributed by atoms with Crippen molar-refractivity contribution >= 4 is 0 Å². The van der Waals surface area contributed by atoms with Crippen LogP contribution < -0.4 is 11.1 Å². The molecule has 0 aromatic heterocycles. The molecule has 1 aliphatic heterocycles. The zero-order valence-corrected chi connectivity index (χ0v) is 6.14. The molecule has 0 amide bonds. The molecule has 1 saturated heterocycles. The van der Waals surface area contributed by atoms with Gasteiger partial charge in [-0.15, -0.1) is 0 Å². The van der Waals surface area contributed by atoms with E-state index in [1.165, 1.54) is 0 Å². The average molecular weight is 130 g/mol. The highest BCUT2D eigenvalue weighted by molar-refractivity contribution is 4.83. The van der Waals surface area contributed by atoms with Crippen LogP contribution in [0.25, 0.3) is 0 Å². The van der Waals surface area contributed by atoms with Gasteiger partial charge in [0.25, 0.3) is 0 Å². The van der Waals surface area contributed by atoms with Gasteiger partial charge in [0.2, 0.25) is 0 Å². The minimum absolute atomic E-state index is 0.0794. The van der Waals surface area contributed by atoms with Gasteiger partial charge in [0, 0.05) is 5.54 Å². The summed E-state index contributed by atoms with van der Waals surface area (Å²) < 4.78 is 4.96. The smallest absolute Gasteiger partial charge is 0.150 e. The highest BCUT2D eigenvalue weighted by atomic mass is 16.6. The Morgan fingerprint density at radius 3 is 2.00 bits per heavy atom. The topological polar surface area (TPSA) is 50.6 Å². The van der Waals surface area contributed by atoms with Crippen LogP contribution in [0.1, 0.15) is 20.8 Å². The Kier molecular flexibility index (Phi) is 1.50. The number of rotatable bonds is 1. The molecule has 0 aromatic rings. The molecular weight excluding hydrogens is 116 g/mol. The summed E-state index contributed by atoms with van der Waals surface area (Å²) in [5, 5.41) is 3.20. The first-order valence-electron chi connectivity index (χ1n) is 3.18. The third kappa shape index (κ3) is 2.30. The van der Waals surface area contributed by atoms with E-state index < -0.39 is 0 Å². The van der Waals surface area contributed by atoms with Gasteiger partial charge in [0.15, 0.2) is 6.23 Å². The van der Waals surface area contributed by atoms with Gasteiger partial charge < -0.3 is 10.5 Å². The van der Waals surface area contributed by atoms with E-state index in [1.54, 1.807) is 0 Å². The van der Waals surface area contributed by atoms with Crippen molar-refractivity contribution in [3.8, 4) is 0 Å². The van der Waals surface area contributed by atoms with Crippen molar-refractivity contribution in [3.63, 3.8) is 0 Å². The summed E-state index contributed by atoms with van der Waals surface area (Å²) in [7, 11) is 0. The van der Waals surface area contributed by atoms with Crippen LogP contribution in [0.4, 0.5) is 0 Å². The number of nitrogens with two attached hydrogens (primary N) is 1. The van der Waals surface area contributed by atoms with Crippen molar-refractivity contribution < 1.29 is 4.74 Å². The first kappa shape index (κ1) is 6.99. The molecule has 0 spiro atoms. The molecule has 1 aliphatic rings. The summed E-state index contributed by atoms with van der Waals surface area (Å²) in [5.74, 6) is 0. The van der Waals surface area contributed by atoms with Crippen LogP contribution in [0.3, 0.4) is 0 Å². The Morgan fingerprint density at radius 2 is 1.89 bits per heavy atom. The van der Waals surface area contributed by atoms with Crippen LogP contribution in [0.5, 0.6) is 0 Å². The van der Waals surface area contributed by atoms with E-state index in [0.717, 1.165) is 0 Å². The quantitative estimate of drug-likeness (QED) is 0.492.